The minimum absolute atomic E-state index is 0.400. The second-order valence-corrected chi connectivity index (χ2v) is 3.40. The van der Waals surface area contributed by atoms with Gasteiger partial charge < -0.3 is 0 Å². The Labute approximate surface area is 63.6 Å². The van der Waals surface area contributed by atoms with Crippen LogP contribution in [0.1, 0.15) is 6.42 Å². The highest BCUT2D eigenvalue weighted by Crippen LogP contribution is 2.23. The van der Waals surface area contributed by atoms with E-state index in [9.17, 15) is 10.1 Å². The zero-order valence-corrected chi connectivity index (χ0v) is 6.34. The number of nitrogens with zero attached hydrogens (tertiary/aromatic N) is 1. The summed E-state index contributed by atoms with van der Waals surface area (Å²) < 4.78 is 0. The lowest BCUT2D eigenvalue weighted by Crippen LogP contribution is -1.93. The van der Waals surface area contributed by atoms with E-state index in [0.29, 0.717) is 5.92 Å². The molecule has 1 atom stereocenters. The van der Waals surface area contributed by atoms with E-state index >= 15 is 0 Å². The number of allylic oxidation sites excluding steroid dienone is 1. The van der Waals surface area contributed by atoms with Crippen LogP contribution in [0.25, 0.3) is 0 Å². The maximum Gasteiger partial charge on any atom is 0.230 e. The first kappa shape index (κ1) is 7.60. The van der Waals surface area contributed by atoms with E-state index < -0.39 is 4.92 Å². The van der Waals surface area contributed by atoms with Gasteiger partial charge in [-0.2, -0.15) is 11.8 Å². The Morgan fingerprint density at radius 1 is 1.70 bits per heavy atom. The Kier molecular flexibility index (Phi) is 2.74. The molecular weight excluding hydrogens is 150 g/mol. The van der Waals surface area contributed by atoms with Crippen molar-refractivity contribution in [3.05, 3.63) is 22.4 Å². The molecule has 1 unspecified atom stereocenters. The molecule has 0 aromatic heterocycles. The average molecular weight is 159 g/mol. The fourth-order valence-corrected chi connectivity index (χ4v) is 2.11. The second kappa shape index (κ2) is 3.61. The Bertz CT molecular complexity index is 152. The van der Waals surface area contributed by atoms with Gasteiger partial charge in [-0.1, -0.05) is 0 Å². The third kappa shape index (κ3) is 2.39. The zero-order valence-electron chi connectivity index (χ0n) is 5.53. The predicted molar refractivity (Wildman–Crippen MR) is 41.6 cm³/mol. The topological polar surface area (TPSA) is 43.1 Å². The normalized spacial score (nSPS) is 25.8. The van der Waals surface area contributed by atoms with Crippen LogP contribution in [0.4, 0.5) is 0 Å². The first-order valence-corrected chi connectivity index (χ1v) is 4.34. The van der Waals surface area contributed by atoms with Crippen molar-refractivity contribution in [3.8, 4) is 0 Å². The van der Waals surface area contributed by atoms with Crippen molar-refractivity contribution < 1.29 is 4.92 Å². The van der Waals surface area contributed by atoms with Gasteiger partial charge in [0.25, 0.3) is 0 Å². The summed E-state index contributed by atoms with van der Waals surface area (Å²) in [6.45, 7) is 0. The Morgan fingerprint density at radius 2 is 2.50 bits per heavy atom. The molecule has 0 aromatic carbocycles. The van der Waals surface area contributed by atoms with Crippen LogP contribution < -0.4 is 0 Å². The fourth-order valence-electron chi connectivity index (χ4n) is 0.897. The van der Waals surface area contributed by atoms with Gasteiger partial charge in [0.05, 0.1) is 4.92 Å². The van der Waals surface area contributed by atoms with Gasteiger partial charge in [0.15, 0.2) is 0 Å². The largest absolute Gasteiger partial charge is 0.259 e. The lowest BCUT2D eigenvalue weighted by molar-refractivity contribution is -0.402. The van der Waals surface area contributed by atoms with Crippen LogP contribution in [0.15, 0.2) is 12.3 Å². The molecule has 0 aromatic rings. The van der Waals surface area contributed by atoms with Crippen LogP contribution >= 0.6 is 11.8 Å². The highest BCUT2D eigenvalue weighted by atomic mass is 32.2. The highest BCUT2D eigenvalue weighted by Gasteiger charge is 2.12. The van der Waals surface area contributed by atoms with Gasteiger partial charge in [-0.3, -0.25) is 10.1 Å². The van der Waals surface area contributed by atoms with Crippen molar-refractivity contribution in [2.45, 2.75) is 6.42 Å². The summed E-state index contributed by atoms with van der Waals surface area (Å²) >= 11 is 1.86. The molecule has 0 N–H and O–H groups in total. The molecule has 0 spiro atoms. The van der Waals surface area contributed by atoms with E-state index in [1.165, 1.54) is 0 Å². The monoisotopic (exact) mass is 159 g/mol. The Balaban J connectivity index is 2.29. The number of rotatable bonds is 2. The number of nitro groups is 1. The van der Waals surface area contributed by atoms with E-state index in [2.05, 4.69) is 0 Å². The zero-order chi connectivity index (χ0) is 7.40. The van der Waals surface area contributed by atoms with Gasteiger partial charge in [-0.05, 0) is 29.9 Å². The molecule has 0 aliphatic carbocycles. The van der Waals surface area contributed by atoms with Gasteiger partial charge in [0.2, 0.25) is 6.20 Å². The van der Waals surface area contributed by atoms with Crippen molar-refractivity contribution >= 4 is 11.8 Å². The van der Waals surface area contributed by atoms with Crippen LogP contribution in [0.2, 0.25) is 0 Å². The van der Waals surface area contributed by atoms with E-state index in [1.54, 1.807) is 6.08 Å². The maximum atomic E-state index is 9.87. The van der Waals surface area contributed by atoms with Crippen LogP contribution in [-0.2, 0) is 0 Å². The smallest absolute Gasteiger partial charge is 0.230 e. The first-order chi connectivity index (χ1) is 4.79. The van der Waals surface area contributed by atoms with E-state index in [4.69, 9.17) is 0 Å². The molecule has 0 bridgehead atoms. The summed E-state index contributed by atoms with van der Waals surface area (Å²) in [5.74, 6) is 2.63. The molecule has 4 heteroatoms. The number of hydrogen-bond donors (Lipinski definition) is 0. The number of hydrogen-bond acceptors (Lipinski definition) is 3. The molecule has 0 radical (unpaired) electrons. The van der Waals surface area contributed by atoms with Gasteiger partial charge in [-0.15, -0.1) is 0 Å². The SMILES string of the molecule is O=[N+]([O-])/C=C/C1CCSC1. The molecule has 1 aliphatic rings. The fraction of sp³-hybridized carbons (Fsp3) is 0.667. The molecule has 3 nitrogen and oxygen atoms in total. The summed E-state index contributed by atoms with van der Waals surface area (Å²) in [6, 6.07) is 0. The quantitative estimate of drug-likeness (QED) is 0.453. The van der Waals surface area contributed by atoms with Crippen LogP contribution in [0.3, 0.4) is 0 Å². The van der Waals surface area contributed by atoms with Crippen LogP contribution in [-0.4, -0.2) is 16.4 Å². The molecule has 56 valence electrons. The standard InChI is InChI=1S/C6H9NO2S/c8-7(9)3-1-6-2-4-10-5-6/h1,3,6H,2,4-5H2/b3-1+. The summed E-state index contributed by atoms with van der Waals surface area (Å²) in [5.41, 5.74) is 0. The Hall–Kier alpha value is -0.510. The molecule has 1 aliphatic heterocycles. The van der Waals surface area contributed by atoms with E-state index in [-0.39, 0.29) is 0 Å². The van der Waals surface area contributed by atoms with Gasteiger partial charge >= 0.3 is 0 Å². The molecule has 1 rings (SSSR count). The predicted octanol–water partition coefficient (Wildman–Crippen LogP) is 1.53. The van der Waals surface area contributed by atoms with Crippen LogP contribution in [0.5, 0.6) is 0 Å². The molecule has 10 heavy (non-hydrogen) atoms. The molecule has 1 fully saturated rings. The molecule has 1 heterocycles. The maximum absolute atomic E-state index is 9.87. The van der Waals surface area contributed by atoms with Gasteiger partial charge in [0.1, 0.15) is 0 Å². The highest BCUT2D eigenvalue weighted by molar-refractivity contribution is 7.99. The summed E-state index contributed by atoms with van der Waals surface area (Å²) in [6.07, 6.45) is 3.84. The number of thioether (sulfide) groups is 1. The summed E-state index contributed by atoms with van der Waals surface area (Å²) in [7, 11) is 0. The lowest BCUT2D eigenvalue weighted by atomic mass is 10.1. The third-order valence-corrected chi connectivity index (χ3v) is 2.63. The van der Waals surface area contributed by atoms with Crippen LogP contribution in [0, 0.1) is 16.0 Å². The Morgan fingerprint density at radius 3 is 3.00 bits per heavy atom. The van der Waals surface area contributed by atoms with E-state index in [1.807, 2.05) is 11.8 Å². The van der Waals surface area contributed by atoms with Crippen molar-refractivity contribution in [3.63, 3.8) is 0 Å². The molecule has 0 amide bonds. The minimum Gasteiger partial charge on any atom is -0.259 e. The minimum atomic E-state index is -0.400. The third-order valence-electron chi connectivity index (χ3n) is 1.44. The van der Waals surface area contributed by atoms with Gasteiger partial charge in [0, 0.05) is 0 Å². The van der Waals surface area contributed by atoms with Crippen molar-refractivity contribution in [2.75, 3.05) is 11.5 Å². The van der Waals surface area contributed by atoms with Gasteiger partial charge in [-0.25, -0.2) is 0 Å². The van der Waals surface area contributed by atoms with Crippen molar-refractivity contribution in [2.24, 2.45) is 5.92 Å². The molecule has 0 saturated carbocycles. The van der Waals surface area contributed by atoms with E-state index in [0.717, 1.165) is 24.1 Å². The van der Waals surface area contributed by atoms with Crippen molar-refractivity contribution in [1.82, 2.24) is 0 Å². The average Bonchev–Trinajstić information content (AvgIpc) is 2.34. The summed E-state index contributed by atoms with van der Waals surface area (Å²) in [4.78, 5) is 9.47. The first-order valence-electron chi connectivity index (χ1n) is 3.18. The van der Waals surface area contributed by atoms with Crippen molar-refractivity contribution in [1.29, 1.82) is 0 Å². The summed E-state index contributed by atoms with van der Waals surface area (Å²) in [5, 5.41) is 9.87. The molecule has 1 saturated heterocycles. The molecular formula is C6H9NO2S. The lowest BCUT2D eigenvalue weighted by Gasteiger charge is -1.94. The second-order valence-electron chi connectivity index (χ2n) is 2.25.